The molecule has 144 valence electrons. The highest BCUT2D eigenvalue weighted by molar-refractivity contribution is 7.13. The molecule has 0 saturated carbocycles. The summed E-state index contributed by atoms with van der Waals surface area (Å²) < 4.78 is 0. The van der Waals surface area contributed by atoms with Crippen LogP contribution in [0.25, 0.3) is 11.3 Å². The van der Waals surface area contributed by atoms with Crippen molar-refractivity contribution in [2.24, 2.45) is 0 Å². The predicted octanol–water partition coefficient (Wildman–Crippen LogP) is 4.61. The van der Waals surface area contributed by atoms with Crippen LogP contribution in [0.4, 0.5) is 17.3 Å². The topological polar surface area (TPSA) is 92.7 Å². The van der Waals surface area contributed by atoms with Gasteiger partial charge < -0.3 is 10.6 Å². The fraction of sp³-hybridized carbons (Fsp3) is 0.0952. The van der Waals surface area contributed by atoms with E-state index in [-0.39, 0.29) is 5.91 Å². The van der Waals surface area contributed by atoms with Crippen LogP contribution < -0.4 is 10.6 Å². The highest BCUT2D eigenvalue weighted by atomic mass is 32.1. The lowest BCUT2D eigenvalue weighted by Crippen LogP contribution is -2.10. The fourth-order valence-corrected chi connectivity index (χ4v) is 3.38. The molecule has 0 bridgehead atoms. The lowest BCUT2D eigenvalue weighted by molar-refractivity contribution is 0.103. The van der Waals surface area contributed by atoms with Gasteiger partial charge in [-0.1, -0.05) is 6.07 Å². The van der Waals surface area contributed by atoms with Gasteiger partial charge in [-0.25, -0.2) is 15.0 Å². The first-order valence-electron chi connectivity index (χ1n) is 8.93. The van der Waals surface area contributed by atoms with E-state index >= 15 is 0 Å². The third kappa shape index (κ3) is 4.44. The second-order valence-corrected chi connectivity index (χ2v) is 7.59. The molecule has 3 aromatic heterocycles. The number of rotatable bonds is 5. The number of aromatic nitrogens is 4. The summed E-state index contributed by atoms with van der Waals surface area (Å²) in [5.41, 5.74) is 4.19. The van der Waals surface area contributed by atoms with E-state index in [1.807, 2.05) is 50.2 Å². The number of thiazole rings is 1. The van der Waals surface area contributed by atoms with Crippen molar-refractivity contribution >= 4 is 34.6 Å². The van der Waals surface area contributed by atoms with Crippen molar-refractivity contribution in [1.82, 2.24) is 19.9 Å². The first-order chi connectivity index (χ1) is 14.1. The third-order valence-electron chi connectivity index (χ3n) is 4.20. The van der Waals surface area contributed by atoms with Gasteiger partial charge in [0.15, 0.2) is 0 Å². The molecule has 0 radical (unpaired) electrons. The summed E-state index contributed by atoms with van der Waals surface area (Å²) in [4.78, 5) is 30.1. The van der Waals surface area contributed by atoms with Gasteiger partial charge >= 0.3 is 0 Å². The second kappa shape index (κ2) is 8.15. The Kier molecular flexibility index (Phi) is 5.26. The minimum Gasteiger partial charge on any atom is -0.324 e. The van der Waals surface area contributed by atoms with Crippen LogP contribution in [0.15, 0.2) is 61.2 Å². The molecule has 0 atom stereocenters. The Balaban J connectivity index is 1.55. The molecule has 4 rings (SSSR count). The van der Waals surface area contributed by atoms with Crippen LogP contribution in [0.2, 0.25) is 0 Å². The molecular formula is C21H18N6OS. The molecule has 1 amide bonds. The van der Waals surface area contributed by atoms with E-state index in [1.165, 1.54) is 11.3 Å². The maximum absolute atomic E-state index is 12.4. The molecule has 2 N–H and O–H groups in total. The summed E-state index contributed by atoms with van der Waals surface area (Å²) in [7, 11) is 0. The number of carbonyl (C=O) groups excluding carboxylic acids is 1. The van der Waals surface area contributed by atoms with Gasteiger partial charge in [0.05, 0.1) is 16.9 Å². The molecule has 0 spiro atoms. The highest BCUT2D eigenvalue weighted by Crippen LogP contribution is 2.25. The number of anilines is 3. The summed E-state index contributed by atoms with van der Waals surface area (Å²) in [6, 6.07) is 11.3. The summed E-state index contributed by atoms with van der Waals surface area (Å²) in [6.07, 6.45) is 6.76. The van der Waals surface area contributed by atoms with Gasteiger partial charge in [-0.2, -0.15) is 0 Å². The Morgan fingerprint density at radius 1 is 1.03 bits per heavy atom. The Morgan fingerprint density at radius 2 is 1.93 bits per heavy atom. The number of hydrogen-bond acceptors (Lipinski definition) is 7. The summed E-state index contributed by atoms with van der Waals surface area (Å²) in [6.45, 7) is 3.85. The maximum atomic E-state index is 12.4. The zero-order valence-electron chi connectivity index (χ0n) is 15.9. The fourth-order valence-electron chi connectivity index (χ4n) is 2.71. The first kappa shape index (κ1) is 18.7. The molecule has 0 saturated heterocycles. The van der Waals surface area contributed by atoms with Crippen molar-refractivity contribution < 1.29 is 4.79 Å². The minimum atomic E-state index is -0.180. The van der Waals surface area contributed by atoms with Gasteiger partial charge in [-0.15, -0.1) is 11.3 Å². The van der Waals surface area contributed by atoms with E-state index in [4.69, 9.17) is 0 Å². The molecule has 1 aromatic carbocycles. The van der Waals surface area contributed by atoms with E-state index in [0.29, 0.717) is 16.5 Å². The van der Waals surface area contributed by atoms with Crippen molar-refractivity contribution in [3.05, 3.63) is 76.6 Å². The van der Waals surface area contributed by atoms with E-state index in [9.17, 15) is 4.79 Å². The van der Waals surface area contributed by atoms with Crippen LogP contribution >= 0.6 is 11.3 Å². The normalized spacial score (nSPS) is 10.6. The van der Waals surface area contributed by atoms with Gasteiger partial charge in [0.25, 0.3) is 5.91 Å². The number of nitrogens with one attached hydrogen (secondary N) is 2. The maximum Gasteiger partial charge on any atom is 0.267 e. The van der Waals surface area contributed by atoms with Crippen molar-refractivity contribution in [3.8, 4) is 11.3 Å². The quantitative estimate of drug-likeness (QED) is 0.506. The highest BCUT2D eigenvalue weighted by Gasteiger charge is 2.11. The molecule has 0 unspecified atom stereocenters. The summed E-state index contributed by atoms with van der Waals surface area (Å²) in [5.74, 6) is 0.288. The van der Waals surface area contributed by atoms with Crippen molar-refractivity contribution in [2.45, 2.75) is 13.8 Å². The smallest absolute Gasteiger partial charge is 0.267 e. The summed E-state index contributed by atoms with van der Waals surface area (Å²) >= 11 is 1.36. The zero-order valence-corrected chi connectivity index (χ0v) is 16.7. The zero-order chi connectivity index (χ0) is 20.2. The Hall–Kier alpha value is -3.65. The van der Waals surface area contributed by atoms with Crippen LogP contribution in [0.5, 0.6) is 0 Å². The number of nitrogens with zero attached hydrogens (tertiary/aromatic N) is 4. The van der Waals surface area contributed by atoms with Crippen LogP contribution in [0.1, 0.15) is 20.2 Å². The lowest BCUT2D eigenvalue weighted by atomic mass is 10.1. The number of amides is 1. The molecule has 0 aliphatic rings. The van der Waals surface area contributed by atoms with Crippen LogP contribution in [-0.4, -0.2) is 25.8 Å². The molecule has 0 aliphatic carbocycles. The van der Waals surface area contributed by atoms with Gasteiger partial charge in [0, 0.05) is 35.5 Å². The predicted molar refractivity (Wildman–Crippen MR) is 115 cm³/mol. The standard InChI is InChI=1S/C21H18N6OS/c1-13-5-6-16(25-20(28)19-12-24-14(2)29-19)10-18(13)27-21-23-9-7-17(26-21)15-4-3-8-22-11-15/h3-12H,1-2H3,(H,25,28)(H,23,26,27). The average Bonchev–Trinajstić information content (AvgIpc) is 3.18. The SMILES string of the molecule is Cc1ncc(C(=O)Nc2ccc(C)c(Nc3nccc(-c4cccnc4)n3)c2)s1. The van der Waals surface area contributed by atoms with Crippen LogP contribution in [0.3, 0.4) is 0 Å². The first-order valence-corrected chi connectivity index (χ1v) is 9.75. The third-order valence-corrected chi connectivity index (χ3v) is 5.11. The Bertz CT molecular complexity index is 1160. The number of hydrogen-bond donors (Lipinski definition) is 2. The van der Waals surface area contributed by atoms with Crippen LogP contribution in [-0.2, 0) is 0 Å². The van der Waals surface area contributed by atoms with Gasteiger partial charge in [0.1, 0.15) is 4.88 Å². The van der Waals surface area contributed by atoms with Crippen molar-refractivity contribution in [1.29, 1.82) is 0 Å². The molecule has 0 fully saturated rings. The number of pyridine rings is 1. The Labute approximate surface area is 171 Å². The molecule has 7 nitrogen and oxygen atoms in total. The van der Waals surface area contributed by atoms with E-state index in [1.54, 1.807) is 24.8 Å². The van der Waals surface area contributed by atoms with Crippen molar-refractivity contribution in [2.75, 3.05) is 10.6 Å². The average molecular weight is 402 g/mol. The van der Waals surface area contributed by atoms with Crippen LogP contribution in [0, 0.1) is 13.8 Å². The van der Waals surface area contributed by atoms with E-state index < -0.39 is 0 Å². The van der Waals surface area contributed by atoms with Gasteiger partial charge in [-0.3, -0.25) is 9.78 Å². The van der Waals surface area contributed by atoms with Crippen molar-refractivity contribution in [3.63, 3.8) is 0 Å². The van der Waals surface area contributed by atoms with Gasteiger partial charge in [-0.05, 0) is 49.7 Å². The minimum absolute atomic E-state index is 0.180. The largest absolute Gasteiger partial charge is 0.324 e. The number of aryl methyl sites for hydroxylation is 2. The molecule has 0 aliphatic heterocycles. The number of carbonyl (C=O) groups is 1. The van der Waals surface area contributed by atoms with Gasteiger partial charge in [0.2, 0.25) is 5.95 Å². The molecule has 4 aromatic rings. The number of benzene rings is 1. The van der Waals surface area contributed by atoms with E-state index in [0.717, 1.165) is 27.5 Å². The van der Waals surface area contributed by atoms with E-state index in [2.05, 4.69) is 30.6 Å². The molecule has 3 heterocycles. The second-order valence-electron chi connectivity index (χ2n) is 6.36. The summed E-state index contributed by atoms with van der Waals surface area (Å²) in [5, 5.41) is 6.99. The Morgan fingerprint density at radius 3 is 2.69 bits per heavy atom. The monoisotopic (exact) mass is 402 g/mol. The lowest BCUT2D eigenvalue weighted by Gasteiger charge is -2.12. The molecule has 8 heteroatoms. The molecule has 29 heavy (non-hydrogen) atoms. The molecular weight excluding hydrogens is 384 g/mol.